The summed E-state index contributed by atoms with van der Waals surface area (Å²) in [5, 5.41) is 9.96. The van der Waals surface area contributed by atoms with Crippen molar-refractivity contribution in [2.45, 2.75) is 37.7 Å². The minimum Gasteiger partial charge on any atom is -0.385 e. The summed E-state index contributed by atoms with van der Waals surface area (Å²) < 4.78 is 0. The molecular formula is C9H15ClO. The molecule has 2 heteroatoms. The number of rotatable bonds is 2. The molecule has 0 aliphatic heterocycles. The van der Waals surface area contributed by atoms with Crippen LogP contribution in [0.1, 0.15) is 32.1 Å². The van der Waals surface area contributed by atoms with Gasteiger partial charge in [-0.2, -0.15) is 0 Å². The van der Waals surface area contributed by atoms with Crippen molar-refractivity contribution in [3.05, 3.63) is 12.2 Å². The second-order valence-electron chi connectivity index (χ2n) is 3.33. The molecule has 11 heavy (non-hydrogen) atoms. The quantitative estimate of drug-likeness (QED) is 0.504. The van der Waals surface area contributed by atoms with Crippen molar-refractivity contribution in [2.75, 3.05) is 5.88 Å². The van der Waals surface area contributed by atoms with Gasteiger partial charge in [0.15, 0.2) is 0 Å². The molecule has 1 N–H and O–H groups in total. The van der Waals surface area contributed by atoms with Crippen LogP contribution in [0.25, 0.3) is 0 Å². The van der Waals surface area contributed by atoms with Crippen molar-refractivity contribution < 1.29 is 5.11 Å². The number of halogens is 1. The van der Waals surface area contributed by atoms with Crippen molar-refractivity contribution in [1.82, 2.24) is 0 Å². The lowest BCUT2D eigenvalue weighted by Crippen LogP contribution is -2.33. The maximum absolute atomic E-state index is 9.96. The van der Waals surface area contributed by atoms with Gasteiger partial charge in [-0.15, -0.1) is 11.6 Å². The van der Waals surface area contributed by atoms with Gasteiger partial charge in [-0.05, 0) is 18.4 Å². The van der Waals surface area contributed by atoms with E-state index in [-0.39, 0.29) is 0 Å². The van der Waals surface area contributed by atoms with Crippen LogP contribution < -0.4 is 0 Å². The lowest BCUT2D eigenvalue weighted by molar-refractivity contribution is 0.0405. The van der Waals surface area contributed by atoms with Gasteiger partial charge in [0.1, 0.15) is 0 Å². The minimum absolute atomic E-state index is 0.385. The lowest BCUT2D eigenvalue weighted by Gasteiger charge is -2.33. The first-order valence-corrected chi connectivity index (χ1v) is 4.69. The molecule has 0 spiro atoms. The lowest BCUT2D eigenvalue weighted by atomic mass is 9.80. The Hall–Kier alpha value is -0.0100. The van der Waals surface area contributed by atoms with Gasteiger partial charge in [0.25, 0.3) is 0 Å². The first-order valence-electron chi connectivity index (χ1n) is 4.16. The van der Waals surface area contributed by atoms with Gasteiger partial charge in [0.05, 0.1) is 5.60 Å². The molecule has 64 valence electrons. The van der Waals surface area contributed by atoms with E-state index in [1.807, 2.05) is 0 Å². The highest BCUT2D eigenvalue weighted by atomic mass is 35.5. The minimum atomic E-state index is -0.639. The van der Waals surface area contributed by atoms with E-state index >= 15 is 0 Å². The van der Waals surface area contributed by atoms with E-state index in [1.54, 1.807) is 0 Å². The van der Waals surface area contributed by atoms with Crippen LogP contribution in [0.3, 0.4) is 0 Å². The van der Waals surface area contributed by atoms with Gasteiger partial charge in [-0.1, -0.05) is 25.8 Å². The molecule has 0 bridgehead atoms. The molecule has 1 rings (SSSR count). The molecule has 1 aliphatic carbocycles. The molecule has 1 saturated carbocycles. The number of alkyl halides is 1. The number of hydrogen-bond acceptors (Lipinski definition) is 1. The molecule has 1 fully saturated rings. The topological polar surface area (TPSA) is 20.2 Å². The third-order valence-corrected chi connectivity index (χ3v) is 2.82. The zero-order valence-electron chi connectivity index (χ0n) is 6.77. The zero-order valence-corrected chi connectivity index (χ0v) is 7.53. The third kappa shape index (κ3) is 1.97. The Bertz CT molecular complexity index is 148. The van der Waals surface area contributed by atoms with E-state index < -0.39 is 5.60 Å². The highest BCUT2D eigenvalue weighted by molar-refractivity contribution is 6.19. The smallest absolute Gasteiger partial charge is 0.0865 e. The summed E-state index contributed by atoms with van der Waals surface area (Å²) in [6, 6.07) is 0. The fourth-order valence-corrected chi connectivity index (χ4v) is 1.86. The Balaban J connectivity index is 2.56. The van der Waals surface area contributed by atoms with Gasteiger partial charge in [-0.3, -0.25) is 0 Å². The largest absolute Gasteiger partial charge is 0.385 e. The predicted octanol–water partition coefficient (Wildman–Crippen LogP) is 2.48. The van der Waals surface area contributed by atoms with Gasteiger partial charge >= 0.3 is 0 Å². The van der Waals surface area contributed by atoms with Crippen LogP contribution in [0, 0.1) is 0 Å². The van der Waals surface area contributed by atoms with E-state index in [0.29, 0.717) is 5.88 Å². The summed E-state index contributed by atoms with van der Waals surface area (Å²) in [5.74, 6) is 0.385. The third-order valence-electron chi connectivity index (χ3n) is 2.50. The Morgan fingerprint density at radius 1 is 1.36 bits per heavy atom. The fourth-order valence-electron chi connectivity index (χ4n) is 1.61. The van der Waals surface area contributed by atoms with Crippen molar-refractivity contribution in [1.29, 1.82) is 0 Å². The fraction of sp³-hybridized carbons (Fsp3) is 0.778. The molecule has 0 aromatic carbocycles. The first-order chi connectivity index (χ1) is 5.19. The Morgan fingerprint density at radius 3 is 2.36 bits per heavy atom. The number of hydrogen-bond donors (Lipinski definition) is 1. The van der Waals surface area contributed by atoms with Crippen LogP contribution in [0.15, 0.2) is 12.2 Å². The van der Waals surface area contributed by atoms with Crippen molar-refractivity contribution in [2.24, 2.45) is 0 Å². The summed E-state index contributed by atoms with van der Waals surface area (Å²) in [7, 11) is 0. The molecule has 1 nitrogen and oxygen atoms in total. The molecule has 0 aromatic rings. The molecule has 0 aromatic heterocycles. The number of aliphatic hydroxyl groups is 1. The van der Waals surface area contributed by atoms with Crippen LogP contribution in [0.2, 0.25) is 0 Å². The van der Waals surface area contributed by atoms with Crippen molar-refractivity contribution >= 4 is 11.6 Å². The van der Waals surface area contributed by atoms with Gasteiger partial charge in [-0.25, -0.2) is 0 Å². The Morgan fingerprint density at radius 2 is 1.91 bits per heavy atom. The summed E-state index contributed by atoms with van der Waals surface area (Å²) in [6.07, 6.45) is 5.13. The van der Waals surface area contributed by atoms with E-state index in [0.717, 1.165) is 31.3 Å². The Kier molecular flexibility index (Phi) is 2.97. The van der Waals surface area contributed by atoms with Gasteiger partial charge < -0.3 is 5.11 Å². The highest BCUT2D eigenvalue weighted by Crippen LogP contribution is 2.33. The van der Waals surface area contributed by atoms with Gasteiger partial charge in [0.2, 0.25) is 0 Å². The van der Waals surface area contributed by atoms with E-state index in [9.17, 15) is 5.11 Å². The molecule has 0 atom stereocenters. The summed E-state index contributed by atoms with van der Waals surface area (Å²) in [5.41, 5.74) is 0.152. The predicted molar refractivity (Wildman–Crippen MR) is 47.9 cm³/mol. The SMILES string of the molecule is C=C(CCl)C1(O)CCCCC1. The molecule has 0 heterocycles. The summed E-state index contributed by atoms with van der Waals surface area (Å²) in [6.45, 7) is 3.79. The molecule has 0 saturated heterocycles. The van der Waals surface area contributed by atoms with Crippen LogP contribution in [-0.2, 0) is 0 Å². The maximum Gasteiger partial charge on any atom is 0.0865 e. The Labute approximate surface area is 73.1 Å². The second-order valence-corrected chi connectivity index (χ2v) is 3.60. The monoisotopic (exact) mass is 174 g/mol. The average Bonchev–Trinajstić information content (AvgIpc) is 2.04. The van der Waals surface area contributed by atoms with E-state index in [1.165, 1.54) is 6.42 Å². The summed E-state index contributed by atoms with van der Waals surface area (Å²) >= 11 is 5.62. The van der Waals surface area contributed by atoms with E-state index in [4.69, 9.17) is 11.6 Å². The molecule has 0 amide bonds. The van der Waals surface area contributed by atoms with Crippen molar-refractivity contribution in [3.8, 4) is 0 Å². The molecule has 1 aliphatic rings. The van der Waals surface area contributed by atoms with Crippen LogP contribution in [0.5, 0.6) is 0 Å². The van der Waals surface area contributed by atoms with Crippen LogP contribution >= 0.6 is 11.6 Å². The maximum atomic E-state index is 9.96. The van der Waals surface area contributed by atoms with E-state index in [2.05, 4.69) is 6.58 Å². The average molecular weight is 175 g/mol. The first kappa shape index (κ1) is 9.08. The normalized spacial score (nSPS) is 23.1. The van der Waals surface area contributed by atoms with Crippen LogP contribution in [-0.4, -0.2) is 16.6 Å². The summed E-state index contributed by atoms with van der Waals surface area (Å²) in [4.78, 5) is 0. The van der Waals surface area contributed by atoms with Crippen LogP contribution in [0.4, 0.5) is 0 Å². The zero-order chi connectivity index (χ0) is 8.32. The molecule has 0 unspecified atom stereocenters. The van der Waals surface area contributed by atoms with Crippen molar-refractivity contribution in [3.63, 3.8) is 0 Å². The molecular weight excluding hydrogens is 160 g/mol. The highest BCUT2D eigenvalue weighted by Gasteiger charge is 2.31. The second kappa shape index (κ2) is 3.59. The standard InChI is InChI=1S/C9H15ClO/c1-8(7-10)9(11)5-3-2-4-6-9/h11H,1-7H2. The molecule has 0 radical (unpaired) electrons. The van der Waals surface area contributed by atoms with Gasteiger partial charge in [0, 0.05) is 5.88 Å².